The van der Waals surface area contributed by atoms with Gasteiger partial charge in [0.1, 0.15) is 12.2 Å². The molecule has 0 amide bonds. The molecule has 1 aromatic carbocycles. The first kappa shape index (κ1) is 36.4. The van der Waals surface area contributed by atoms with Gasteiger partial charge in [0.15, 0.2) is 17.5 Å². The minimum absolute atomic E-state index is 0.0305. The van der Waals surface area contributed by atoms with Gasteiger partial charge in [0, 0.05) is 45.8 Å². The number of guanidine groups is 1. The summed E-state index contributed by atoms with van der Waals surface area (Å²) in [6, 6.07) is 3.30. The topological polar surface area (TPSA) is 191 Å². The molecule has 3 rings (SSSR count). The van der Waals surface area contributed by atoms with Gasteiger partial charge in [0.25, 0.3) is 0 Å². The highest BCUT2D eigenvalue weighted by Gasteiger charge is 2.33. The fraction of sp³-hybridized carbons (Fsp3) is 0.697. The second-order valence-corrected chi connectivity index (χ2v) is 12.4. The number of esters is 1. The maximum atomic E-state index is 12.2. The van der Waals surface area contributed by atoms with Crippen LogP contribution in [-0.2, 0) is 22.6 Å². The van der Waals surface area contributed by atoms with E-state index in [1.165, 1.54) is 13.0 Å². The van der Waals surface area contributed by atoms with Crippen molar-refractivity contribution in [2.24, 2.45) is 22.1 Å². The standard InChI is InChI=1S/C33H53N5O7/c1-22(40)19-37-14-11-33(21-38-32(34)35-3)9-4-5-24(30(44-23(2)41)18-27(42)6-10-33)15-25-17-31(29(43)16-26(25)20-39)45-28-7-12-36-13-8-28/h16-17,22,24,27-28,30,36-37,39-40,42-43H,5-8,10-15,18-21H2,1-3H3,(H3,34,35,38)/t22-,24+,27-,30-,33-/m0/s1. The van der Waals surface area contributed by atoms with E-state index in [4.69, 9.17) is 15.2 Å². The molecule has 0 saturated carbocycles. The Hall–Kier alpha value is -3.08. The van der Waals surface area contributed by atoms with Crippen molar-refractivity contribution in [3.05, 3.63) is 23.3 Å². The predicted molar refractivity (Wildman–Crippen MR) is 173 cm³/mol. The Kier molecular flexibility index (Phi) is 14.7. The van der Waals surface area contributed by atoms with Crippen molar-refractivity contribution >= 4 is 11.9 Å². The molecular formula is C33H53N5O7. The first-order chi connectivity index (χ1) is 21.5. The third kappa shape index (κ3) is 12.0. The summed E-state index contributed by atoms with van der Waals surface area (Å²) in [5.74, 6) is 6.74. The molecular weight excluding hydrogens is 578 g/mol. The van der Waals surface area contributed by atoms with Crippen molar-refractivity contribution in [1.82, 2.24) is 16.0 Å². The van der Waals surface area contributed by atoms with Crippen LogP contribution in [0.2, 0.25) is 0 Å². The lowest BCUT2D eigenvalue weighted by Gasteiger charge is -2.33. The van der Waals surface area contributed by atoms with E-state index < -0.39 is 29.7 Å². The number of nitrogens with two attached hydrogens (primary N) is 1. The van der Waals surface area contributed by atoms with Crippen molar-refractivity contribution in [1.29, 1.82) is 0 Å². The van der Waals surface area contributed by atoms with Gasteiger partial charge in [-0.15, -0.1) is 5.92 Å². The highest BCUT2D eigenvalue weighted by molar-refractivity contribution is 5.77. The van der Waals surface area contributed by atoms with Crippen molar-refractivity contribution in [3.63, 3.8) is 0 Å². The summed E-state index contributed by atoms with van der Waals surface area (Å²) in [5, 5.41) is 51.5. The molecule has 1 aliphatic carbocycles. The second-order valence-electron chi connectivity index (χ2n) is 12.4. The number of phenolic OH excluding ortho intramolecular Hbond substituents is 1. The van der Waals surface area contributed by atoms with Crippen molar-refractivity contribution in [2.45, 2.75) is 96.2 Å². The van der Waals surface area contributed by atoms with Crippen LogP contribution in [0.5, 0.6) is 11.5 Å². The molecule has 1 heterocycles. The Labute approximate surface area is 267 Å². The number of aliphatic hydroxyl groups excluding tert-OH is 3. The maximum Gasteiger partial charge on any atom is 0.302 e. The number of ether oxygens (including phenoxy) is 2. The van der Waals surface area contributed by atoms with E-state index >= 15 is 0 Å². The van der Waals surface area contributed by atoms with E-state index in [0.29, 0.717) is 69.0 Å². The van der Waals surface area contributed by atoms with Crippen LogP contribution in [0, 0.1) is 23.2 Å². The number of hydrogen-bond acceptors (Lipinski definition) is 10. The molecule has 45 heavy (non-hydrogen) atoms. The first-order valence-corrected chi connectivity index (χ1v) is 16.1. The minimum atomic E-state index is -0.755. The van der Waals surface area contributed by atoms with Crippen LogP contribution in [0.15, 0.2) is 17.1 Å². The monoisotopic (exact) mass is 631 g/mol. The summed E-state index contributed by atoms with van der Waals surface area (Å²) < 4.78 is 12.0. The molecule has 12 heteroatoms. The number of nitrogens with one attached hydrogen (secondary N) is 3. The van der Waals surface area contributed by atoms with E-state index in [0.717, 1.165) is 31.5 Å². The normalized spacial score (nSPS) is 25.5. The third-order valence-electron chi connectivity index (χ3n) is 8.60. The first-order valence-electron chi connectivity index (χ1n) is 16.1. The van der Waals surface area contributed by atoms with Crippen LogP contribution in [-0.4, -0.2) is 96.5 Å². The zero-order chi connectivity index (χ0) is 32.8. The molecule has 0 unspecified atom stereocenters. The fourth-order valence-electron chi connectivity index (χ4n) is 5.99. The van der Waals surface area contributed by atoms with Crippen LogP contribution >= 0.6 is 0 Å². The molecule has 252 valence electrons. The number of aromatic hydroxyl groups is 1. The number of nitrogens with zero attached hydrogens (tertiary/aromatic N) is 1. The minimum Gasteiger partial charge on any atom is -0.504 e. The summed E-state index contributed by atoms with van der Waals surface area (Å²) in [5.41, 5.74) is 6.73. The number of rotatable bonds is 13. The summed E-state index contributed by atoms with van der Waals surface area (Å²) >= 11 is 0. The van der Waals surface area contributed by atoms with Gasteiger partial charge in [0.2, 0.25) is 0 Å². The molecule has 0 bridgehead atoms. The number of phenols is 1. The van der Waals surface area contributed by atoms with Crippen LogP contribution in [0.4, 0.5) is 0 Å². The predicted octanol–water partition coefficient (Wildman–Crippen LogP) is 0.925. The van der Waals surface area contributed by atoms with Gasteiger partial charge in [-0.05, 0) is 88.3 Å². The summed E-state index contributed by atoms with van der Waals surface area (Å²) in [7, 11) is 1.61. The number of benzene rings is 1. The van der Waals surface area contributed by atoms with Gasteiger partial charge in [-0.3, -0.25) is 9.79 Å². The lowest BCUT2D eigenvalue weighted by molar-refractivity contribution is -0.151. The van der Waals surface area contributed by atoms with Crippen molar-refractivity contribution in [3.8, 4) is 23.3 Å². The molecule has 12 nitrogen and oxygen atoms in total. The average Bonchev–Trinajstić information content (AvgIpc) is 3.01. The zero-order valence-corrected chi connectivity index (χ0v) is 27.0. The maximum absolute atomic E-state index is 12.2. The van der Waals surface area contributed by atoms with Gasteiger partial charge in [-0.1, -0.05) is 5.92 Å². The number of aliphatic hydroxyl groups is 3. The summed E-state index contributed by atoms with van der Waals surface area (Å²) in [4.78, 5) is 16.2. The summed E-state index contributed by atoms with van der Waals surface area (Å²) in [6.07, 6.45) is 2.39. The molecule has 9 N–H and O–H groups in total. The SMILES string of the molecule is CN=C(N)NC[C@@]1(CCNC[C@H](C)O)C#CC[C@H](Cc2cc(OC3CCNCC3)c(O)cc2CO)[C@@H](OC(C)=O)C[C@@H](O)CC1. The molecule has 2 aliphatic rings. The van der Waals surface area contributed by atoms with Crippen LogP contribution in [0.1, 0.15) is 69.9 Å². The second kappa shape index (κ2) is 18.2. The molecule has 5 atom stereocenters. The molecule has 0 radical (unpaired) electrons. The largest absolute Gasteiger partial charge is 0.504 e. The number of piperidine rings is 1. The molecule has 1 saturated heterocycles. The van der Waals surface area contributed by atoms with Crippen LogP contribution in [0.25, 0.3) is 0 Å². The van der Waals surface area contributed by atoms with Gasteiger partial charge >= 0.3 is 5.97 Å². The molecule has 1 aliphatic heterocycles. The van der Waals surface area contributed by atoms with E-state index in [-0.39, 0.29) is 30.8 Å². The molecule has 1 aromatic rings. The Morgan fingerprint density at radius 3 is 2.69 bits per heavy atom. The van der Waals surface area contributed by atoms with Crippen LogP contribution in [0.3, 0.4) is 0 Å². The Morgan fingerprint density at radius 1 is 1.27 bits per heavy atom. The van der Waals surface area contributed by atoms with Crippen molar-refractivity contribution < 1.29 is 34.7 Å². The number of carbonyl (C=O) groups excluding carboxylic acids is 1. The number of aliphatic imine (C=N–C) groups is 1. The molecule has 1 fully saturated rings. The fourth-order valence-corrected chi connectivity index (χ4v) is 5.99. The highest BCUT2D eigenvalue weighted by Crippen LogP contribution is 2.36. The van der Waals surface area contributed by atoms with Gasteiger partial charge in [-0.2, -0.15) is 0 Å². The molecule has 0 spiro atoms. The van der Waals surface area contributed by atoms with E-state index in [1.807, 2.05) is 0 Å². The Bertz CT molecular complexity index is 1180. The number of carbonyl (C=O) groups is 1. The smallest absolute Gasteiger partial charge is 0.302 e. The van der Waals surface area contributed by atoms with Crippen LogP contribution < -0.4 is 26.4 Å². The quantitative estimate of drug-likeness (QED) is 0.0508. The van der Waals surface area contributed by atoms with Gasteiger partial charge < -0.3 is 51.6 Å². The average molecular weight is 632 g/mol. The van der Waals surface area contributed by atoms with Crippen molar-refractivity contribution in [2.75, 3.05) is 39.8 Å². The van der Waals surface area contributed by atoms with E-state index in [1.54, 1.807) is 20.0 Å². The third-order valence-corrected chi connectivity index (χ3v) is 8.60. The number of hydrogen-bond donors (Lipinski definition) is 8. The zero-order valence-electron chi connectivity index (χ0n) is 27.0. The van der Waals surface area contributed by atoms with Gasteiger partial charge in [-0.25, -0.2) is 0 Å². The van der Waals surface area contributed by atoms with Gasteiger partial charge in [0.05, 0.1) is 24.2 Å². The Morgan fingerprint density at radius 2 is 2.02 bits per heavy atom. The molecule has 0 aromatic heterocycles. The lowest BCUT2D eigenvalue weighted by atomic mass is 9.77. The van der Waals surface area contributed by atoms with E-state index in [2.05, 4.69) is 32.8 Å². The lowest BCUT2D eigenvalue weighted by Crippen LogP contribution is -2.43. The summed E-state index contributed by atoms with van der Waals surface area (Å²) in [6.45, 7) is 5.95. The highest BCUT2D eigenvalue weighted by atomic mass is 16.5. The van der Waals surface area contributed by atoms with E-state index in [9.17, 15) is 25.2 Å². The Balaban J connectivity index is 1.95.